The molecule has 0 atom stereocenters. The predicted octanol–water partition coefficient (Wildman–Crippen LogP) is 3.59. The van der Waals surface area contributed by atoms with Crippen molar-refractivity contribution in [3.63, 3.8) is 0 Å². The van der Waals surface area contributed by atoms with Crippen LogP contribution < -0.4 is 4.72 Å². The van der Waals surface area contributed by atoms with E-state index in [4.69, 9.17) is 0 Å². The quantitative estimate of drug-likeness (QED) is 0.775. The molecule has 0 radical (unpaired) electrons. The largest absolute Gasteiger partial charge is 0.516 e. The third kappa shape index (κ3) is 3.96. The number of hydrogen-bond acceptors (Lipinski definition) is 3. The number of nitrogens with zero attached hydrogens (tertiary/aromatic N) is 1. The second-order valence-electron chi connectivity index (χ2n) is 6.51. The predicted molar refractivity (Wildman–Crippen MR) is 94.6 cm³/mol. The molecule has 0 aliphatic carbocycles. The number of fused-ring (bicyclic) bond motifs is 1. The molecule has 10 heteroatoms. The van der Waals surface area contributed by atoms with E-state index < -0.39 is 27.3 Å². The Morgan fingerprint density at radius 1 is 1.14 bits per heavy atom. The van der Waals surface area contributed by atoms with Gasteiger partial charge in [0, 0.05) is 18.8 Å². The van der Waals surface area contributed by atoms with Gasteiger partial charge in [0.2, 0.25) is 0 Å². The fourth-order valence-electron chi connectivity index (χ4n) is 3.03. The van der Waals surface area contributed by atoms with Crippen molar-refractivity contribution < 1.29 is 30.8 Å². The van der Waals surface area contributed by atoms with Crippen LogP contribution in [-0.2, 0) is 23.0 Å². The van der Waals surface area contributed by atoms with E-state index in [1.165, 1.54) is 40.0 Å². The smallest absolute Gasteiger partial charge is 0.334 e. The lowest BCUT2D eigenvalue weighted by atomic mass is 9.96. The van der Waals surface area contributed by atoms with Gasteiger partial charge in [0.1, 0.15) is 5.82 Å². The van der Waals surface area contributed by atoms with Crippen molar-refractivity contribution in [2.45, 2.75) is 25.4 Å². The number of sulfonamides is 1. The van der Waals surface area contributed by atoms with Gasteiger partial charge in [0.15, 0.2) is 0 Å². The molecule has 0 aromatic heterocycles. The van der Waals surface area contributed by atoms with Crippen LogP contribution in [0.1, 0.15) is 27.0 Å². The van der Waals surface area contributed by atoms with E-state index in [-0.39, 0.29) is 17.8 Å². The number of alkyl halides is 3. The van der Waals surface area contributed by atoms with Crippen LogP contribution in [0.15, 0.2) is 36.4 Å². The van der Waals surface area contributed by atoms with E-state index in [1.54, 1.807) is 13.0 Å². The van der Waals surface area contributed by atoms with Crippen LogP contribution in [-0.4, -0.2) is 31.3 Å². The highest BCUT2D eigenvalue weighted by atomic mass is 32.2. The minimum Gasteiger partial charge on any atom is -0.334 e. The summed E-state index contributed by atoms with van der Waals surface area (Å²) in [5.41, 5.74) is -3.68. The van der Waals surface area contributed by atoms with Gasteiger partial charge in [-0.05, 0) is 48.2 Å². The zero-order valence-corrected chi connectivity index (χ0v) is 15.5. The van der Waals surface area contributed by atoms with Crippen LogP contribution >= 0.6 is 0 Å². The summed E-state index contributed by atoms with van der Waals surface area (Å²) in [6, 6.07) is 8.22. The number of carbonyl (C=O) groups is 1. The lowest BCUT2D eigenvalue weighted by Gasteiger charge is -2.29. The highest BCUT2D eigenvalue weighted by molar-refractivity contribution is 7.93. The normalized spacial score (nSPS) is 14.8. The van der Waals surface area contributed by atoms with E-state index in [1.807, 2.05) is 0 Å². The Morgan fingerprint density at radius 3 is 2.39 bits per heavy atom. The Kier molecular flexibility index (Phi) is 5.09. The summed E-state index contributed by atoms with van der Waals surface area (Å²) < 4.78 is 75.1. The molecule has 1 aliphatic heterocycles. The minimum absolute atomic E-state index is 0.0337. The molecule has 0 saturated heterocycles. The van der Waals surface area contributed by atoms with E-state index in [2.05, 4.69) is 0 Å². The molecule has 0 saturated carbocycles. The second kappa shape index (κ2) is 7.08. The van der Waals surface area contributed by atoms with Crippen molar-refractivity contribution in [2.75, 3.05) is 11.3 Å². The van der Waals surface area contributed by atoms with Crippen LogP contribution in [0.4, 0.5) is 23.2 Å². The molecule has 0 bridgehead atoms. The lowest BCUT2D eigenvalue weighted by molar-refractivity contribution is -0.0429. The molecule has 2 aromatic rings. The molecule has 1 N–H and O–H groups in total. The summed E-state index contributed by atoms with van der Waals surface area (Å²) >= 11 is 0. The Morgan fingerprint density at radius 2 is 1.79 bits per heavy atom. The van der Waals surface area contributed by atoms with Crippen molar-refractivity contribution in [3.05, 3.63) is 64.5 Å². The van der Waals surface area contributed by atoms with Gasteiger partial charge in [-0.1, -0.05) is 18.2 Å². The van der Waals surface area contributed by atoms with E-state index in [0.29, 0.717) is 24.1 Å². The van der Waals surface area contributed by atoms with Gasteiger partial charge in [0.05, 0.1) is 5.56 Å². The molecule has 5 nitrogen and oxygen atoms in total. The molecular formula is C18H16F4N2O3S. The number of aryl methyl sites for hydroxylation is 1. The Labute approximate surface area is 159 Å². The maximum atomic E-state index is 14.2. The van der Waals surface area contributed by atoms with Crippen molar-refractivity contribution in [1.82, 2.24) is 4.90 Å². The van der Waals surface area contributed by atoms with Crippen molar-refractivity contribution in [2.24, 2.45) is 0 Å². The number of nitrogens with one attached hydrogen (secondary N) is 1. The molecule has 0 spiro atoms. The van der Waals surface area contributed by atoms with Gasteiger partial charge in [-0.3, -0.25) is 9.52 Å². The van der Waals surface area contributed by atoms with Crippen LogP contribution in [0.25, 0.3) is 0 Å². The van der Waals surface area contributed by atoms with Gasteiger partial charge in [-0.25, -0.2) is 4.39 Å². The molecule has 3 rings (SSSR count). The molecule has 2 aromatic carbocycles. The number of halogens is 4. The minimum atomic E-state index is -5.50. The Hall–Kier alpha value is -2.62. The van der Waals surface area contributed by atoms with Gasteiger partial charge in [-0.2, -0.15) is 21.6 Å². The van der Waals surface area contributed by atoms with E-state index in [9.17, 15) is 30.8 Å². The second-order valence-corrected chi connectivity index (χ2v) is 8.18. The fourth-order valence-corrected chi connectivity index (χ4v) is 3.59. The first-order valence-corrected chi connectivity index (χ1v) is 9.72. The topological polar surface area (TPSA) is 66.5 Å². The van der Waals surface area contributed by atoms with Crippen LogP contribution in [0, 0.1) is 12.7 Å². The first kappa shape index (κ1) is 20.1. The molecule has 0 unspecified atom stereocenters. The summed E-state index contributed by atoms with van der Waals surface area (Å²) in [6.45, 7) is 2.24. The Bertz CT molecular complexity index is 1020. The van der Waals surface area contributed by atoms with Crippen molar-refractivity contribution in [3.8, 4) is 0 Å². The summed E-state index contributed by atoms with van der Waals surface area (Å²) in [4.78, 5) is 14.0. The molecule has 150 valence electrons. The molecule has 1 heterocycles. The van der Waals surface area contributed by atoms with Gasteiger partial charge in [0.25, 0.3) is 5.91 Å². The maximum Gasteiger partial charge on any atom is 0.516 e. The molecule has 0 fully saturated rings. The third-order valence-corrected chi connectivity index (χ3v) is 5.47. The number of carbonyl (C=O) groups excluding carboxylic acids is 1. The standard InChI is InChI=1S/C18H16F4N2O3S/c1-11-8-13-6-7-24(17(25)16(13)15(19)9-11)10-12-2-4-14(5-3-12)23-28(26,27)18(20,21)22/h2-5,8-9,23H,6-7,10H2,1H3. The number of anilines is 1. The zero-order chi connectivity index (χ0) is 20.7. The highest BCUT2D eigenvalue weighted by Gasteiger charge is 2.46. The molecule has 1 amide bonds. The van der Waals surface area contributed by atoms with Crippen molar-refractivity contribution >= 4 is 21.6 Å². The summed E-state index contributed by atoms with van der Waals surface area (Å²) in [5, 5.41) is 0. The average Bonchev–Trinajstić information content (AvgIpc) is 2.57. The number of rotatable bonds is 4. The summed E-state index contributed by atoms with van der Waals surface area (Å²) in [6.07, 6.45) is 0.489. The first-order chi connectivity index (χ1) is 13.0. The summed E-state index contributed by atoms with van der Waals surface area (Å²) in [7, 11) is -5.50. The summed E-state index contributed by atoms with van der Waals surface area (Å²) in [5.74, 6) is -1.04. The monoisotopic (exact) mass is 416 g/mol. The van der Waals surface area contributed by atoms with Crippen LogP contribution in [0.3, 0.4) is 0 Å². The van der Waals surface area contributed by atoms with Crippen molar-refractivity contribution in [1.29, 1.82) is 0 Å². The Balaban J connectivity index is 1.74. The van der Waals surface area contributed by atoms with Crippen LogP contribution in [0.5, 0.6) is 0 Å². The lowest BCUT2D eigenvalue weighted by Crippen LogP contribution is -2.37. The zero-order valence-electron chi connectivity index (χ0n) is 14.7. The molecule has 28 heavy (non-hydrogen) atoms. The van der Waals surface area contributed by atoms with E-state index >= 15 is 0 Å². The SMILES string of the molecule is Cc1cc(F)c2c(c1)CCN(Cc1ccc(NS(=O)(=O)C(F)(F)F)cc1)C2=O. The number of amides is 1. The van der Waals surface area contributed by atoms with E-state index in [0.717, 1.165) is 5.56 Å². The molecular weight excluding hydrogens is 400 g/mol. The molecule has 1 aliphatic rings. The van der Waals surface area contributed by atoms with Crippen LogP contribution in [0.2, 0.25) is 0 Å². The maximum absolute atomic E-state index is 14.2. The van der Waals surface area contributed by atoms with Gasteiger partial charge in [-0.15, -0.1) is 0 Å². The fraction of sp³-hybridized carbons (Fsp3) is 0.278. The average molecular weight is 416 g/mol. The number of hydrogen-bond donors (Lipinski definition) is 1. The van der Waals surface area contributed by atoms with Gasteiger partial charge < -0.3 is 4.90 Å². The third-order valence-electron chi connectivity index (χ3n) is 4.35. The number of benzene rings is 2. The van der Waals surface area contributed by atoms with Gasteiger partial charge >= 0.3 is 15.5 Å². The first-order valence-electron chi connectivity index (χ1n) is 8.24. The highest BCUT2D eigenvalue weighted by Crippen LogP contribution is 2.27.